The molecule has 1 aliphatic rings. The van der Waals surface area contributed by atoms with Crippen LogP contribution in [-0.2, 0) is 0 Å². The van der Waals surface area contributed by atoms with Crippen LogP contribution in [0.2, 0.25) is 5.02 Å². The lowest BCUT2D eigenvalue weighted by Gasteiger charge is -2.10. The Morgan fingerprint density at radius 1 is 1.03 bits per heavy atom. The molecule has 0 atom stereocenters. The van der Waals surface area contributed by atoms with Gasteiger partial charge in [-0.05, 0) is 55.0 Å². The molecule has 0 saturated heterocycles. The second-order valence-electron chi connectivity index (χ2n) is 7.03. The van der Waals surface area contributed by atoms with Crippen molar-refractivity contribution in [2.24, 2.45) is 0 Å². The van der Waals surface area contributed by atoms with Gasteiger partial charge in [0.1, 0.15) is 11.5 Å². The Hall–Kier alpha value is -3.77. The summed E-state index contributed by atoms with van der Waals surface area (Å²) in [6, 6.07) is 14.9. The van der Waals surface area contributed by atoms with Gasteiger partial charge in [0.25, 0.3) is 0 Å². The van der Waals surface area contributed by atoms with Gasteiger partial charge < -0.3 is 18.9 Å². The Morgan fingerprint density at radius 2 is 1.78 bits per heavy atom. The van der Waals surface area contributed by atoms with Crippen LogP contribution in [0.15, 0.2) is 60.4 Å². The molecule has 0 fully saturated rings. The summed E-state index contributed by atoms with van der Waals surface area (Å²) in [6.45, 7) is 1.76. The summed E-state index contributed by atoms with van der Waals surface area (Å²) in [7, 11) is 3.06. The topological polar surface area (TPSA) is 71.1 Å². The number of rotatable bonds is 5. The molecule has 0 aliphatic carbocycles. The summed E-state index contributed by atoms with van der Waals surface area (Å²) in [5.74, 6) is 0.953. The number of hydrogen-bond acceptors (Lipinski definition) is 6. The molecule has 3 aromatic carbocycles. The van der Waals surface area contributed by atoms with Crippen molar-refractivity contribution < 1.29 is 28.5 Å². The van der Waals surface area contributed by atoms with E-state index in [1.54, 1.807) is 61.5 Å². The van der Waals surface area contributed by atoms with E-state index in [4.69, 9.17) is 30.5 Å². The van der Waals surface area contributed by atoms with Gasteiger partial charge in [0, 0.05) is 16.7 Å². The number of ether oxygens (including phenoxy) is 4. The molecule has 3 aromatic rings. The van der Waals surface area contributed by atoms with E-state index in [9.17, 15) is 9.59 Å². The van der Waals surface area contributed by atoms with Gasteiger partial charge in [-0.3, -0.25) is 4.79 Å². The quantitative estimate of drug-likeness (QED) is 0.290. The first kappa shape index (κ1) is 21.5. The van der Waals surface area contributed by atoms with Crippen molar-refractivity contribution in [1.82, 2.24) is 0 Å². The van der Waals surface area contributed by atoms with Gasteiger partial charge in [0.15, 0.2) is 17.3 Å². The van der Waals surface area contributed by atoms with Crippen LogP contribution >= 0.6 is 11.6 Å². The number of aryl methyl sites for hydroxylation is 1. The summed E-state index contributed by atoms with van der Waals surface area (Å²) >= 11 is 5.86. The van der Waals surface area contributed by atoms with Gasteiger partial charge in [0.05, 0.1) is 25.3 Å². The molecule has 1 heterocycles. The molecule has 0 bridgehead atoms. The highest BCUT2D eigenvalue weighted by Gasteiger charge is 2.31. The van der Waals surface area contributed by atoms with Crippen LogP contribution in [0.25, 0.3) is 6.08 Å². The van der Waals surface area contributed by atoms with Crippen molar-refractivity contribution in [3.63, 3.8) is 0 Å². The molecule has 6 nitrogen and oxygen atoms in total. The summed E-state index contributed by atoms with van der Waals surface area (Å²) in [4.78, 5) is 25.4. The minimum absolute atomic E-state index is 0.135. The van der Waals surface area contributed by atoms with Crippen molar-refractivity contribution in [2.45, 2.75) is 6.92 Å². The standard InChI is InChI=1S/C25H19ClO6/c1-14-11-18(31-25(28)15-7-9-17(26)10-8-15)13-20-22(14)23(27)21(32-20)12-16-5-4-6-19(29-2)24(16)30-3/h4-13H,1-3H3/b21-12-. The Morgan fingerprint density at radius 3 is 2.47 bits per heavy atom. The van der Waals surface area contributed by atoms with Crippen LogP contribution in [-0.4, -0.2) is 26.0 Å². The zero-order chi connectivity index (χ0) is 22.8. The van der Waals surface area contributed by atoms with Gasteiger partial charge >= 0.3 is 5.97 Å². The van der Waals surface area contributed by atoms with E-state index in [1.165, 1.54) is 20.3 Å². The maximum absolute atomic E-state index is 13.0. The van der Waals surface area contributed by atoms with Crippen LogP contribution in [0, 0.1) is 6.92 Å². The highest BCUT2D eigenvalue weighted by atomic mass is 35.5. The number of halogens is 1. The third-order valence-corrected chi connectivity index (χ3v) is 5.21. The van der Waals surface area contributed by atoms with E-state index in [1.807, 2.05) is 0 Å². The minimum atomic E-state index is -0.540. The van der Waals surface area contributed by atoms with Crippen LogP contribution in [0.3, 0.4) is 0 Å². The molecule has 32 heavy (non-hydrogen) atoms. The van der Waals surface area contributed by atoms with Gasteiger partial charge in [-0.1, -0.05) is 23.7 Å². The number of carbonyl (C=O) groups excluding carboxylic acids is 2. The zero-order valence-electron chi connectivity index (χ0n) is 17.6. The summed E-state index contributed by atoms with van der Waals surface area (Å²) in [5, 5.41) is 0.522. The maximum atomic E-state index is 13.0. The van der Waals surface area contributed by atoms with Gasteiger partial charge in [-0.25, -0.2) is 4.79 Å². The molecule has 0 amide bonds. The van der Waals surface area contributed by atoms with Crippen molar-refractivity contribution in [3.05, 3.63) is 87.6 Å². The lowest BCUT2D eigenvalue weighted by molar-refractivity contribution is 0.0734. The number of hydrogen-bond donors (Lipinski definition) is 0. The molecular formula is C25H19ClO6. The Balaban J connectivity index is 1.63. The highest BCUT2D eigenvalue weighted by Crippen LogP contribution is 2.39. The molecular weight excluding hydrogens is 432 g/mol. The molecule has 0 saturated carbocycles. The van der Waals surface area contributed by atoms with Crippen LogP contribution in [0.4, 0.5) is 0 Å². The predicted octanol–water partition coefficient (Wildman–Crippen LogP) is 5.50. The minimum Gasteiger partial charge on any atom is -0.493 e. The maximum Gasteiger partial charge on any atom is 0.343 e. The van der Waals surface area contributed by atoms with E-state index in [2.05, 4.69) is 0 Å². The fourth-order valence-corrected chi connectivity index (χ4v) is 3.58. The average molecular weight is 451 g/mol. The van der Waals surface area contributed by atoms with Gasteiger partial charge in [-0.15, -0.1) is 0 Å². The number of allylic oxidation sites excluding steroid dienone is 1. The first-order chi connectivity index (χ1) is 15.4. The molecule has 1 aliphatic heterocycles. The summed E-state index contributed by atoms with van der Waals surface area (Å²) in [6.07, 6.45) is 1.60. The number of esters is 1. The van der Waals surface area contributed by atoms with Crippen molar-refractivity contribution in [3.8, 4) is 23.0 Å². The van der Waals surface area contributed by atoms with E-state index >= 15 is 0 Å². The van der Waals surface area contributed by atoms with Crippen LogP contribution < -0.4 is 18.9 Å². The third kappa shape index (κ3) is 4.05. The normalized spacial score (nSPS) is 13.5. The molecule has 0 N–H and O–H groups in total. The van der Waals surface area contributed by atoms with Crippen molar-refractivity contribution in [2.75, 3.05) is 14.2 Å². The zero-order valence-corrected chi connectivity index (χ0v) is 18.4. The number of fused-ring (bicyclic) bond motifs is 1. The molecule has 0 unspecified atom stereocenters. The first-order valence-electron chi connectivity index (χ1n) is 9.69. The Bertz CT molecular complexity index is 1240. The van der Waals surface area contributed by atoms with Crippen LogP contribution in [0.5, 0.6) is 23.0 Å². The molecule has 0 spiro atoms. The SMILES string of the molecule is COc1cccc(/C=C2\Oc3cc(OC(=O)c4ccc(Cl)cc4)cc(C)c3C2=O)c1OC. The highest BCUT2D eigenvalue weighted by molar-refractivity contribution is 6.30. The third-order valence-electron chi connectivity index (χ3n) is 4.95. The Labute approximate surface area is 189 Å². The predicted molar refractivity (Wildman–Crippen MR) is 120 cm³/mol. The number of benzene rings is 3. The fraction of sp³-hybridized carbons (Fsp3) is 0.120. The molecule has 162 valence electrons. The van der Waals surface area contributed by atoms with Crippen molar-refractivity contribution in [1.29, 1.82) is 0 Å². The second kappa shape index (κ2) is 8.77. The van der Waals surface area contributed by atoms with Gasteiger partial charge in [0.2, 0.25) is 5.78 Å². The lowest BCUT2D eigenvalue weighted by atomic mass is 10.0. The number of methoxy groups -OCH3 is 2. The second-order valence-corrected chi connectivity index (χ2v) is 7.47. The summed E-state index contributed by atoms with van der Waals surface area (Å²) < 4.78 is 22.0. The summed E-state index contributed by atoms with van der Waals surface area (Å²) in [5.41, 5.74) is 2.04. The van der Waals surface area contributed by atoms with E-state index in [-0.39, 0.29) is 17.3 Å². The number of carbonyl (C=O) groups is 2. The molecule has 0 radical (unpaired) electrons. The molecule has 0 aromatic heterocycles. The molecule has 4 rings (SSSR count). The monoisotopic (exact) mass is 450 g/mol. The fourth-order valence-electron chi connectivity index (χ4n) is 3.46. The smallest absolute Gasteiger partial charge is 0.343 e. The largest absolute Gasteiger partial charge is 0.493 e. The average Bonchev–Trinajstić information content (AvgIpc) is 3.09. The first-order valence-corrected chi connectivity index (χ1v) is 10.1. The number of ketones is 1. The molecule has 7 heteroatoms. The van der Waals surface area contributed by atoms with Gasteiger partial charge in [-0.2, -0.15) is 0 Å². The van der Waals surface area contributed by atoms with E-state index < -0.39 is 5.97 Å². The lowest BCUT2D eigenvalue weighted by Crippen LogP contribution is -2.08. The number of para-hydroxylation sites is 1. The Kier molecular flexibility index (Phi) is 5.88. The van der Waals surface area contributed by atoms with E-state index in [0.717, 1.165) is 0 Å². The van der Waals surface area contributed by atoms with Crippen molar-refractivity contribution >= 4 is 29.4 Å². The number of Topliss-reactive ketones (excluding diaryl/α,β-unsaturated/α-hetero) is 1. The van der Waals surface area contributed by atoms with Crippen LogP contribution in [0.1, 0.15) is 31.8 Å². The van der Waals surface area contributed by atoms with E-state index in [0.29, 0.717) is 44.5 Å².